The summed E-state index contributed by atoms with van der Waals surface area (Å²) >= 11 is 5.72. The summed E-state index contributed by atoms with van der Waals surface area (Å²) in [7, 11) is 0. The fourth-order valence-electron chi connectivity index (χ4n) is 1.32. The number of aliphatic hydroxyl groups excluding tert-OH is 1. The zero-order valence-corrected chi connectivity index (χ0v) is 8.84. The van der Waals surface area contributed by atoms with E-state index in [-0.39, 0.29) is 10.6 Å². The van der Waals surface area contributed by atoms with E-state index in [1.54, 1.807) is 0 Å². The van der Waals surface area contributed by atoms with Crippen molar-refractivity contribution in [3.05, 3.63) is 10.6 Å². The van der Waals surface area contributed by atoms with Crippen molar-refractivity contribution in [2.75, 3.05) is 0 Å². The molecular weight excluding hydrogens is 208 g/mol. The standard InChI is InChI=1S/C9H13ClO4/c1-3-4-5(11)6-7(10)9(2,13)14-8(6)12/h5,11,13H,3-4H2,1-2H3. The van der Waals surface area contributed by atoms with E-state index in [2.05, 4.69) is 4.74 Å². The highest BCUT2D eigenvalue weighted by atomic mass is 35.5. The van der Waals surface area contributed by atoms with E-state index in [0.717, 1.165) is 0 Å². The molecule has 4 nitrogen and oxygen atoms in total. The van der Waals surface area contributed by atoms with Gasteiger partial charge in [0.25, 0.3) is 0 Å². The molecule has 0 bridgehead atoms. The second-order valence-corrected chi connectivity index (χ2v) is 3.78. The monoisotopic (exact) mass is 220 g/mol. The van der Waals surface area contributed by atoms with Crippen LogP contribution in [-0.2, 0) is 9.53 Å². The van der Waals surface area contributed by atoms with Crippen LogP contribution in [0.2, 0.25) is 0 Å². The summed E-state index contributed by atoms with van der Waals surface area (Å²) in [6.07, 6.45) is 0.162. The minimum Gasteiger partial charge on any atom is -0.425 e. The second kappa shape index (κ2) is 3.88. The molecule has 14 heavy (non-hydrogen) atoms. The van der Waals surface area contributed by atoms with Gasteiger partial charge >= 0.3 is 5.97 Å². The average molecular weight is 221 g/mol. The molecular formula is C9H13ClO4. The summed E-state index contributed by atoms with van der Waals surface area (Å²) in [5.41, 5.74) is -0.0292. The first kappa shape index (κ1) is 11.5. The number of hydrogen-bond acceptors (Lipinski definition) is 4. The van der Waals surface area contributed by atoms with Crippen molar-refractivity contribution in [3.63, 3.8) is 0 Å². The Morgan fingerprint density at radius 1 is 1.64 bits per heavy atom. The van der Waals surface area contributed by atoms with E-state index in [1.165, 1.54) is 6.92 Å². The van der Waals surface area contributed by atoms with Crippen molar-refractivity contribution in [1.29, 1.82) is 0 Å². The zero-order chi connectivity index (χ0) is 10.9. The van der Waals surface area contributed by atoms with Crippen molar-refractivity contribution in [3.8, 4) is 0 Å². The van der Waals surface area contributed by atoms with Crippen LogP contribution in [0.1, 0.15) is 26.7 Å². The van der Waals surface area contributed by atoms with Crippen LogP contribution in [0, 0.1) is 0 Å². The summed E-state index contributed by atoms with van der Waals surface area (Å²) in [5.74, 6) is -2.54. The third kappa shape index (κ3) is 1.92. The van der Waals surface area contributed by atoms with E-state index in [4.69, 9.17) is 11.6 Å². The third-order valence-electron chi connectivity index (χ3n) is 2.05. The maximum absolute atomic E-state index is 11.2. The van der Waals surface area contributed by atoms with Gasteiger partial charge in [-0.2, -0.15) is 0 Å². The van der Waals surface area contributed by atoms with Crippen LogP contribution in [0.15, 0.2) is 10.6 Å². The van der Waals surface area contributed by atoms with Gasteiger partial charge in [0, 0.05) is 6.92 Å². The maximum Gasteiger partial charge on any atom is 0.340 e. The Morgan fingerprint density at radius 2 is 2.21 bits per heavy atom. The average Bonchev–Trinajstić information content (AvgIpc) is 2.22. The van der Waals surface area contributed by atoms with Gasteiger partial charge in [-0.3, -0.25) is 0 Å². The second-order valence-electron chi connectivity index (χ2n) is 3.40. The fourth-order valence-corrected chi connectivity index (χ4v) is 1.56. The Hall–Kier alpha value is -0.580. The Balaban J connectivity index is 2.96. The van der Waals surface area contributed by atoms with Gasteiger partial charge in [0.2, 0.25) is 5.79 Å². The molecule has 2 unspecified atom stereocenters. The molecule has 0 aromatic rings. The molecule has 0 saturated heterocycles. The molecule has 0 aromatic heterocycles. The topological polar surface area (TPSA) is 66.8 Å². The Kier molecular flexibility index (Phi) is 3.19. The van der Waals surface area contributed by atoms with Gasteiger partial charge < -0.3 is 14.9 Å². The minimum atomic E-state index is -1.79. The predicted molar refractivity (Wildman–Crippen MR) is 50.5 cm³/mol. The summed E-state index contributed by atoms with van der Waals surface area (Å²) < 4.78 is 4.59. The lowest BCUT2D eigenvalue weighted by atomic mass is 10.1. The molecule has 0 aromatic carbocycles. The molecule has 0 aliphatic carbocycles. The minimum absolute atomic E-state index is 0.0292. The number of aliphatic hydroxyl groups is 2. The molecule has 0 radical (unpaired) electrons. The van der Waals surface area contributed by atoms with Crippen molar-refractivity contribution in [1.82, 2.24) is 0 Å². The first-order valence-corrected chi connectivity index (χ1v) is 4.82. The van der Waals surface area contributed by atoms with Crippen LogP contribution >= 0.6 is 11.6 Å². The van der Waals surface area contributed by atoms with E-state index < -0.39 is 17.9 Å². The van der Waals surface area contributed by atoms with Gasteiger partial charge in [-0.1, -0.05) is 24.9 Å². The van der Waals surface area contributed by atoms with Crippen molar-refractivity contribution < 1.29 is 19.7 Å². The number of halogens is 1. The molecule has 80 valence electrons. The fraction of sp³-hybridized carbons (Fsp3) is 0.667. The van der Waals surface area contributed by atoms with Gasteiger partial charge in [0.05, 0.1) is 11.7 Å². The first-order valence-electron chi connectivity index (χ1n) is 4.44. The molecule has 1 heterocycles. The lowest BCUT2D eigenvalue weighted by Crippen LogP contribution is -2.24. The largest absolute Gasteiger partial charge is 0.425 e. The van der Waals surface area contributed by atoms with Gasteiger partial charge in [0.15, 0.2) is 0 Å². The molecule has 2 atom stereocenters. The lowest BCUT2D eigenvalue weighted by molar-refractivity contribution is -0.174. The van der Waals surface area contributed by atoms with Gasteiger partial charge in [-0.25, -0.2) is 4.79 Å². The quantitative estimate of drug-likeness (QED) is 0.694. The number of hydrogen-bond donors (Lipinski definition) is 2. The van der Waals surface area contributed by atoms with E-state index >= 15 is 0 Å². The van der Waals surface area contributed by atoms with Crippen LogP contribution in [0.4, 0.5) is 0 Å². The van der Waals surface area contributed by atoms with Gasteiger partial charge in [-0.05, 0) is 6.42 Å². The predicted octanol–water partition coefficient (Wildman–Crippen LogP) is 0.906. The molecule has 0 saturated carbocycles. The van der Waals surface area contributed by atoms with Crippen LogP contribution in [0.5, 0.6) is 0 Å². The molecule has 5 heteroatoms. The lowest BCUT2D eigenvalue weighted by Gasteiger charge is -2.14. The highest BCUT2D eigenvalue weighted by molar-refractivity contribution is 6.33. The molecule has 1 aliphatic rings. The van der Waals surface area contributed by atoms with Crippen LogP contribution in [0.3, 0.4) is 0 Å². The first-order chi connectivity index (χ1) is 6.40. The molecule has 0 amide bonds. The number of carbonyl (C=O) groups excluding carboxylic acids is 1. The number of cyclic esters (lactones) is 1. The number of ether oxygens (including phenoxy) is 1. The summed E-state index contributed by atoms with van der Waals surface area (Å²) in [6, 6.07) is 0. The van der Waals surface area contributed by atoms with Crippen LogP contribution in [0.25, 0.3) is 0 Å². The molecule has 0 fully saturated rings. The summed E-state index contributed by atoms with van der Waals surface area (Å²) in [5, 5.41) is 18.9. The molecule has 0 spiro atoms. The summed E-state index contributed by atoms with van der Waals surface area (Å²) in [4.78, 5) is 11.2. The zero-order valence-electron chi connectivity index (χ0n) is 8.08. The Morgan fingerprint density at radius 3 is 2.57 bits per heavy atom. The third-order valence-corrected chi connectivity index (χ3v) is 2.60. The Bertz CT molecular complexity index is 283. The normalized spacial score (nSPS) is 29.4. The molecule has 1 aliphatic heterocycles. The maximum atomic E-state index is 11.2. The van der Waals surface area contributed by atoms with Crippen LogP contribution in [-0.4, -0.2) is 28.1 Å². The van der Waals surface area contributed by atoms with Crippen molar-refractivity contribution in [2.45, 2.75) is 38.6 Å². The highest BCUT2D eigenvalue weighted by Gasteiger charge is 2.44. The number of esters is 1. The van der Waals surface area contributed by atoms with E-state index in [9.17, 15) is 15.0 Å². The summed E-state index contributed by atoms with van der Waals surface area (Å²) in [6.45, 7) is 3.13. The Labute approximate surface area is 87.1 Å². The molecule has 1 rings (SSSR count). The smallest absolute Gasteiger partial charge is 0.340 e. The van der Waals surface area contributed by atoms with Crippen LogP contribution < -0.4 is 0 Å². The number of carbonyl (C=O) groups is 1. The SMILES string of the molecule is CCCC(O)C1=C(Cl)C(C)(O)OC1=O. The highest BCUT2D eigenvalue weighted by Crippen LogP contribution is 2.35. The van der Waals surface area contributed by atoms with E-state index in [0.29, 0.717) is 12.8 Å². The van der Waals surface area contributed by atoms with E-state index in [1.807, 2.05) is 6.92 Å². The van der Waals surface area contributed by atoms with Gasteiger partial charge in [0.1, 0.15) is 5.03 Å². The van der Waals surface area contributed by atoms with Gasteiger partial charge in [-0.15, -0.1) is 0 Å². The van der Waals surface area contributed by atoms with Crippen molar-refractivity contribution in [2.24, 2.45) is 0 Å². The molecule has 2 N–H and O–H groups in total. The van der Waals surface area contributed by atoms with Crippen molar-refractivity contribution >= 4 is 17.6 Å². The number of rotatable bonds is 3.